The molecule has 1 aliphatic carbocycles. The summed E-state index contributed by atoms with van der Waals surface area (Å²) in [6, 6.07) is 6.47. The normalized spacial score (nSPS) is 15.9. The van der Waals surface area contributed by atoms with Gasteiger partial charge in [-0.3, -0.25) is 0 Å². The Balaban J connectivity index is 2.19. The van der Waals surface area contributed by atoms with Crippen molar-refractivity contribution in [3.8, 4) is 0 Å². The van der Waals surface area contributed by atoms with Crippen molar-refractivity contribution >= 4 is 11.0 Å². The molecular formula is C13H17N3. The third kappa shape index (κ3) is 1.52. The molecule has 0 saturated heterocycles. The van der Waals surface area contributed by atoms with Crippen LogP contribution in [0, 0.1) is 6.92 Å². The van der Waals surface area contributed by atoms with Crippen LogP contribution in [0.3, 0.4) is 0 Å². The molecule has 0 radical (unpaired) electrons. The summed E-state index contributed by atoms with van der Waals surface area (Å²) in [5, 5.41) is 0. The molecule has 2 N–H and O–H groups in total. The first-order chi connectivity index (χ1) is 7.79. The van der Waals surface area contributed by atoms with E-state index in [1.54, 1.807) is 0 Å². The Kier molecular flexibility index (Phi) is 2.21. The predicted molar refractivity (Wildman–Crippen MR) is 65.5 cm³/mol. The molecule has 0 aliphatic heterocycles. The van der Waals surface area contributed by atoms with Gasteiger partial charge < -0.3 is 10.3 Å². The minimum Gasteiger partial charge on any atom is -0.329 e. The molecule has 3 nitrogen and oxygen atoms in total. The standard InChI is InChI=1S/C13H17N3/c1-9-2-5-12-11(8-9)15-13(10-3-4-10)16(12)7-6-14/h2,5,8,10H,3-4,6-7,14H2,1H3. The Labute approximate surface area is 95.3 Å². The van der Waals surface area contributed by atoms with Crippen LogP contribution in [0.25, 0.3) is 11.0 Å². The first-order valence-corrected chi connectivity index (χ1v) is 5.96. The quantitative estimate of drug-likeness (QED) is 0.852. The van der Waals surface area contributed by atoms with Gasteiger partial charge in [-0.2, -0.15) is 0 Å². The van der Waals surface area contributed by atoms with Crippen LogP contribution in [0.1, 0.15) is 30.1 Å². The van der Waals surface area contributed by atoms with Gasteiger partial charge in [-0.1, -0.05) is 6.07 Å². The highest BCUT2D eigenvalue weighted by Crippen LogP contribution is 2.40. The molecule has 1 aromatic heterocycles. The third-order valence-corrected chi connectivity index (χ3v) is 3.23. The Morgan fingerprint density at radius 3 is 2.94 bits per heavy atom. The van der Waals surface area contributed by atoms with Gasteiger partial charge in [0.2, 0.25) is 0 Å². The lowest BCUT2D eigenvalue weighted by Crippen LogP contribution is -2.12. The van der Waals surface area contributed by atoms with Crippen molar-refractivity contribution in [2.45, 2.75) is 32.2 Å². The molecule has 2 aromatic rings. The van der Waals surface area contributed by atoms with Crippen molar-refractivity contribution in [2.75, 3.05) is 6.54 Å². The molecule has 3 heteroatoms. The minimum atomic E-state index is 0.680. The highest BCUT2D eigenvalue weighted by molar-refractivity contribution is 5.77. The zero-order valence-electron chi connectivity index (χ0n) is 9.61. The number of aromatic nitrogens is 2. The van der Waals surface area contributed by atoms with Crippen LogP contribution in [0.4, 0.5) is 0 Å². The highest BCUT2D eigenvalue weighted by atomic mass is 15.1. The van der Waals surface area contributed by atoms with E-state index >= 15 is 0 Å². The zero-order valence-corrected chi connectivity index (χ0v) is 9.61. The number of hydrogen-bond acceptors (Lipinski definition) is 2. The molecule has 1 saturated carbocycles. The number of imidazole rings is 1. The van der Waals surface area contributed by atoms with Gasteiger partial charge >= 0.3 is 0 Å². The average Bonchev–Trinajstić information content (AvgIpc) is 3.04. The summed E-state index contributed by atoms with van der Waals surface area (Å²) >= 11 is 0. The number of fused-ring (bicyclic) bond motifs is 1. The first-order valence-electron chi connectivity index (χ1n) is 5.96. The van der Waals surface area contributed by atoms with Crippen molar-refractivity contribution in [1.82, 2.24) is 9.55 Å². The molecule has 0 bridgehead atoms. The summed E-state index contributed by atoms with van der Waals surface area (Å²) in [5.41, 5.74) is 9.31. The maximum atomic E-state index is 5.68. The molecule has 16 heavy (non-hydrogen) atoms. The molecule has 1 fully saturated rings. The van der Waals surface area contributed by atoms with E-state index in [-0.39, 0.29) is 0 Å². The van der Waals surface area contributed by atoms with Crippen LogP contribution < -0.4 is 5.73 Å². The van der Waals surface area contributed by atoms with Gasteiger partial charge in [0.05, 0.1) is 11.0 Å². The summed E-state index contributed by atoms with van der Waals surface area (Å²) in [7, 11) is 0. The SMILES string of the molecule is Cc1ccc2c(c1)nc(C1CC1)n2CCN. The van der Waals surface area contributed by atoms with Gasteiger partial charge in [0.25, 0.3) is 0 Å². The van der Waals surface area contributed by atoms with E-state index in [1.807, 2.05) is 0 Å². The van der Waals surface area contributed by atoms with E-state index in [2.05, 4.69) is 29.7 Å². The number of aryl methyl sites for hydroxylation is 1. The van der Waals surface area contributed by atoms with Crippen LogP contribution in [0.5, 0.6) is 0 Å². The Morgan fingerprint density at radius 1 is 1.44 bits per heavy atom. The van der Waals surface area contributed by atoms with Gasteiger partial charge in [-0.15, -0.1) is 0 Å². The van der Waals surface area contributed by atoms with E-state index in [4.69, 9.17) is 10.7 Å². The fourth-order valence-electron chi connectivity index (χ4n) is 2.28. The van der Waals surface area contributed by atoms with Crippen molar-refractivity contribution in [2.24, 2.45) is 5.73 Å². The van der Waals surface area contributed by atoms with Crippen molar-refractivity contribution in [1.29, 1.82) is 0 Å². The summed E-state index contributed by atoms with van der Waals surface area (Å²) in [5.74, 6) is 1.92. The molecule has 0 atom stereocenters. The lowest BCUT2D eigenvalue weighted by atomic mass is 10.2. The molecule has 1 aromatic carbocycles. The summed E-state index contributed by atoms with van der Waals surface area (Å²) in [6.45, 7) is 3.67. The number of rotatable bonds is 3. The smallest absolute Gasteiger partial charge is 0.113 e. The van der Waals surface area contributed by atoms with Gasteiger partial charge in [-0.05, 0) is 37.5 Å². The van der Waals surface area contributed by atoms with Crippen LogP contribution in [-0.2, 0) is 6.54 Å². The fourth-order valence-corrected chi connectivity index (χ4v) is 2.28. The highest BCUT2D eigenvalue weighted by Gasteiger charge is 2.29. The van der Waals surface area contributed by atoms with Gasteiger partial charge in [0.15, 0.2) is 0 Å². The Morgan fingerprint density at radius 2 is 2.25 bits per heavy atom. The molecule has 3 rings (SSSR count). The zero-order chi connectivity index (χ0) is 11.1. The van der Waals surface area contributed by atoms with Crippen LogP contribution >= 0.6 is 0 Å². The van der Waals surface area contributed by atoms with E-state index < -0.39 is 0 Å². The number of benzene rings is 1. The largest absolute Gasteiger partial charge is 0.329 e. The molecule has 84 valence electrons. The maximum absolute atomic E-state index is 5.68. The number of nitrogens with zero attached hydrogens (tertiary/aromatic N) is 2. The molecule has 1 aliphatic rings. The maximum Gasteiger partial charge on any atom is 0.113 e. The number of nitrogens with two attached hydrogens (primary N) is 1. The van der Waals surface area contributed by atoms with Crippen LogP contribution in [0.15, 0.2) is 18.2 Å². The lowest BCUT2D eigenvalue weighted by molar-refractivity contribution is 0.680. The van der Waals surface area contributed by atoms with Gasteiger partial charge in [-0.25, -0.2) is 4.98 Å². The monoisotopic (exact) mass is 215 g/mol. The third-order valence-electron chi connectivity index (χ3n) is 3.23. The second-order valence-corrected chi connectivity index (χ2v) is 4.68. The fraction of sp³-hybridized carbons (Fsp3) is 0.462. The average molecular weight is 215 g/mol. The summed E-state index contributed by atoms with van der Waals surface area (Å²) in [4.78, 5) is 4.76. The molecule has 1 heterocycles. The van der Waals surface area contributed by atoms with Crippen molar-refractivity contribution in [3.63, 3.8) is 0 Å². The summed E-state index contributed by atoms with van der Waals surface area (Å²) in [6.07, 6.45) is 2.57. The predicted octanol–water partition coefficient (Wildman–Crippen LogP) is 2.18. The van der Waals surface area contributed by atoms with E-state index in [1.165, 1.54) is 29.7 Å². The van der Waals surface area contributed by atoms with Gasteiger partial charge in [0.1, 0.15) is 5.82 Å². The molecule has 0 spiro atoms. The second-order valence-electron chi connectivity index (χ2n) is 4.68. The molecular weight excluding hydrogens is 198 g/mol. The van der Waals surface area contributed by atoms with E-state index in [9.17, 15) is 0 Å². The molecule has 0 unspecified atom stereocenters. The van der Waals surface area contributed by atoms with Crippen LogP contribution in [0.2, 0.25) is 0 Å². The van der Waals surface area contributed by atoms with Crippen molar-refractivity contribution < 1.29 is 0 Å². The van der Waals surface area contributed by atoms with E-state index in [0.717, 1.165) is 12.1 Å². The topological polar surface area (TPSA) is 43.8 Å². The van der Waals surface area contributed by atoms with Crippen molar-refractivity contribution in [3.05, 3.63) is 29.6 Å². The van der Waals surface area contributed by atoms with Crippen LogP contribution in [-0.4, -0.2) is 16.1 Å². The summed E-state index contributed by atoms with van der Waals surface area (Å²) < 4.78 is 2.30. The Hall–Kier alpha value is -1.35. The minimum absolute atomic E-state index is 0.680. The number of hydrogen-bond donors (Lipinski definition) is 1. The lowest BCUT2D eigenvalue weighted by Gasteiger charge is -2.06. The van der Waals surface area contributed by atoms with E-state index in [0.29, 0.717) is 12.5 Å². The Bertz CT molecular complexity index is 523. The molecule has 0 amide bonds. The second kappa shape index (κ2) is 3.59. The first kappa shape index (κ1) is 9.85. The van der Waals surface area contributed by atoms with Gasteiger partial charge in [0, 0.05) is 19.0 Å².